The Morgan fingerprint density at radius 1 is 1.14 bits per heavy atom. The monoisotopic (exact) mass is 293 g/mol. The lowest BCUT2D eigenvalue weighted by atomic mass is 9.94. The molecule has 6 heteroatoms. The van der Waals surface area contributed by atoms with Crippen molar-refractivity contribution in [2.45, 2.75) is 52.5 Å². The number of aromatic nitrogens is 3. The third-order valence-corrected chi connectivity index (χ3v) is 4.40. The van der Waals surface area contributed by atoms with Crippen molar-refractivity contribution in [3.63, 3.8) is 0 Å². The number of rotatable bonds is 7. The summed E-state index contributed by atoms with van der Waals surface area (Å²) in [5.74, 6) is 2.62. The Hall–Kier alpha value is -1.59. The second-order valence-corrected chi connectivity index (χ2v) is 5.75. The van der Waals surface area contributed by atoms with Crippen molar-refractivity contribution in [1.82, 2.24) is 15.0 Å². The van der Waals surface area contributed by atoms with Gasteiger partial charge in [-0.1, -0.05) is 27.2 Å². The fourth-order valence-electron chi connectivity index (χ4n) is 3.02. The van der Waals surface area contributed by atoms with Crippen LogP contribution in [0.5, 0.6) is 6.01 Å². The van der Waals surface area contributed by atoms with Crippen LogP contribution in [0.1, 0.15) is 46.5 Å². The van der Waals surface area contributed by atoms with Crippen LogP contribution < -0.4 is 15.4 Å². The molecule has 3 atom stereocenters. The van der Waals surface area contributed by atoms with E-state index < -0.39 is 0 Å². The highest BCUT2D eigenvalue weighted by atomic mass is 16.5. The lowest BCUT2D eigenvalue weighted by Crippen LogP contribution is -2.26. The first-order valence-corrected chi connectivity index (χ1v) is 7.98. The average Bonchev–Trinajstić information content (AvgIpc) is 2.85. The first kappa shape index (κ1) is 15.8. The van der Waals surface area contributed by atoms with Crippen LogP contribution in [0.15, 0.2) is 0 Å². The van der Waals surface area contributed by atoms with Gasteiger partial charge in [0, 0.05) is 12.6 Å². The summed E-state index contributed by atoms with van der Waals surface area (Å²) in [6, 6.07) is 0.782. The van der Waals surface area contributed by atoms with E-state index in [1.54, 1.807) is 7.11 Å². The maximum Gasteiger partial charge on any atom is 0.322 e. The number of ether oxygens (including phenoxy) is 1. The SMILES string of the molecule is CCCNc1nc(NC2CCC(CC)C2C)nc(OC)n1. The van der Waals surface area contributed by atoms with Gasteiger partial charge in [-0.05, 0) is 31.1 Å². The molecule has 2 rings (SSSR count). The first-order valence-electron chi connectivity index (χ1n) is 7.98. The lowest BCUT2D eigenvalue weighted by molar-refractivity contribution is 0.377. The zero-order chi connectivity index (χ0) is 15.2. The van der Waals surface area contributed by atoms with Gasteiger partial charge in [0.15, 0.2) is 0 Å². The van der Waals surface area contributed by atoms with E-state index in [0.29, 0.717) is 29.9 Å². The van der Waals surface area contributed by atoms with Gasteiger partial charge in [0.25, 0.3) is 0 Å². The topological polar surface area (TPSA) is 72.0 Å². The Labute approximate surface area is 127 Å². The molecule has 0 bridgehead atoms. The van der Waals surface area contributed by atoms with Crippen LogP contribution in [0.4, 0.5) is 11.9 Å². The van der Waals surface area contributed by atoms with Gasteiger partial charge in [0.05, 0.1) is 7.11 Å². The lowest BCUT2D eigenvalue weighted by Gasteiger charge is -2.21. The highest BCUT2D eigenvalue weighted by Gasteiger charge is 2.32. The number of nitrogens with one attached hydrogen (secondary N) is 2. The van der Waals surface area contributed by atoms with Crippen molar-refractivity contribution in [3.05, 3.63) is 0 Å². The molecule has 0 radical (unpaired) electrons. The largest absolute Gasteiger partial charge is 0.467 e. The summed E-state index contributed by atoms with van der Waals surface area (Å²) >= 11 is 0. The van der Waals surface area contributed by atoms with E-state index in [0.717, 1.165) is 18.9 Å². The van der Waals surface area contributed by atoms with Crippen molar-refractivity contribution in [3.8, 4) is 6.01 Å². The number of methoxy groups -OCH3 is 1. The van der Waals surface area contributed by atoms with E-state index in [-0.39, 0.29) is 0 Å². The van der Waals surface area contributed by atoms with E-state index in [4.69, 9.17) is 4.74 Å². The second kappa shape index (κ2) is 7.43. The van der Waals surface area contributed by atoms with Crippen LogP contribution in [0.3, 0.4) is 0 Å². The van der Waals surface area contributed by atoms with Gasteiger partial charge in [-0.3, -0.25) is 0 Å². The van der Waals surface area contributed by atoms with E-state index in [1.165, 1.54) is 19.3 Å². The van der Waals surface area contributed by atoms with E-state index in [1.807, 2.05) is 0 Å². The minimum absolute atomic E-state index is 0.351. The standard InChI is InChI=1S/C15H27N5O/c1-5-9-16-13-18-14(20-15(19-13)21-4)17-12-8-7-11(6-2)10(12)3/h10-12H,5-9H2,1-4H3,(H2,16,17,18,19,20). The molecule has 0 saturated heterocycles. The molecule has 3 unspecified atom stereocenters. The maximum absolute atomic E-state index is 5.17. The molecule has 0 aliphatic heterocycles. The van der Waals surface area contributed by atoms with Gasteiger partial charge in [-0.15, -0.1) is 0 Å². The highest BCUT2D eigenvalue weighted by molar-refractivity contribution is 5.37. The highest BCUT2D eigenvalue weighted by Crippen LogP contribution is 2.35. The predicted octanol–water partition coefficient (Wildman–Crippen LogP) is 2.94. The van der Waals surface area contributed by atoms with Crippen molar-refractivity contribution >= 4 is 11.9 Å². The molecular formula is C15H27N5O. The molecule has 118 valence electrons. The maximum atomic E-state index is 5.17. The first-order chi connectivity index (χ1) is 10.2. The number of hydrogen-bond acceptors (Lipinski definition) is 6. The van der Waals surface area contributed by atoms with Crippen molar-refractivity contribution in [1.29, 1.82) is 0 Å². The molecule has 1 saturated carbocycles. The molecule has 0 amide bonds. The van der Waals surface area contributed by atoms with E-state index >= 15 is 0 Å². The molecule has 6 nitrogen and oxygen atoms in total. The Kier molecular flexibility index (Phi) is 5.59. The third kappa shape index (κ3) is 3.95. The van der Waals surface area contributed by atoms with Gasteiger partial charge >= 0.3 is 6.01 Å². The smallest absolute Gasteiger partial charge is 0.322 e. The Bertz CT molecular complexity index is 454. The molecule has 1 aliphatic carbocycles. The molecule has 1 heterocycles. The predicted molar refractivity (Wildman–Crippen MR) is 84.7 cm³/mol. The van der Waals surface area contributed by atoms with Gasteiger partial charge in [-0.25, -0.2) is 0 Å². The van der Waals surface area contributed by atoms with Crippen LogP contribution in [0, 0.1) is 11.8 Å². The van der Waals surface area contributed by atoms with Crippen molar-refractivity contribution < 1.29 is 4.74 Å². The van der Waals surface area contributed by atoms with Gasteiger partial charge in [0.2, 0.25) is 11.9 Å². The van der Waals surface area contributed by atoms with Crippen LogP contribution >= 0.6 is 0 Å². The van der Waals surface area contributed by atoms with Gasteiger partial charge in [0.1, 0.15) is 0 Å². The van der Waals surface area contributed by atoms with Crippen LogP contribution in [0.2, 0.25) is 0 Å². The Balaban J connectivity index is 2.08. The number of anilines is 2. The van der Waals surface area contributed by atoms with Crippen LogP contribution in [-0.2, 0) is 0 Å². The van der Waals surface area contributed by atoms with Gasteiger partial charge < -0.3 is 15.4 Å². The molecule has 1 aromatic rings. The quantitative estimate of drug-likeness (QED) is 0.805. The number of nitrogens with zero attached hydrogens (tertiary/aromatic N) is 3. The molecule has 0 spiro atoms. The molecule has 0 aromatic carbocycles. The Morgan fingerprint density at radius 3 is 2.52 bits per heavy atom. The van der Waals surface area contributed by atoms with Crippen LogP contribution in [-0.4, -0.2) is 34.6 Å². The fraction of sp³-hybridized carbons (Fsp3) is 0.800. The zero-order valence-electron chi connectivity index (χ0n) is 13.5. The fourth-order valence-corrected chi connectivity index (χ4v) is 3.02. The van der Waals surface area contributed by atoms with E-state index in [2.05, 4.69) is 46.4 Å². The number of hydrogen-bond donors (Lipinski definition) is 2. The summed E-state index contributed by atoms with van der Waals surface area (Å²) in [6.07, 6.45) is 4.71. The zero-order valence-corrected chi connectivity index (χ0v) is 13.5. The Morgan fingerprint density at radius 2 is 1.90 bits per heavy atom. The second-order valence-electron chi connectivity index (χ2n) is 5.75. The normalized spacial score (nSPS) is 24.9. The summed E-state index contributed by atoms with van der Waals surface area (Å²) < 4.78 is 5.17. The third-order valence-electron chi connectivity index (χ3n) is 4.40. The van der Waals surface area contributed by atoms with Crippen molar-refractivity contribution in [2.24, 2.45) is 11.8 Å². The van der Waals surface area contributed by atoms with E-state index in [9.17, 15) is 0 Å². The molecule has 2 N–H and O–H groups in total. The molecule has 21 heavy (non-hydrogen) atoms. The average molecular weight is 293 g/mol. The summed E-state index contributed by atoms with van der Waals surface area (Å²) in [7, 11) is 1.58. The van der Waals surface area contributed by atoms with Crippen molar-refractivity contribution in [2.75, 3.05) is 24.3 Å². The minimum atomic E-state index is 0.351. The van der Waals surface area contributed by atoms with Crippen LogP contribution in [0.25, 0.3) is 0 Å². The molecule has 1 fully saturated rings. The molecule has 1 aliphatic rings. The summed E-state index contributed by atoms with van der Waals surface area (Å²) in [5, 5.41) is 6.65. The molecule has 1 aromatic heterocycles. The summed E-state index contributed by atoms with van der Waals surface area (Å²) in [5.41, 5.74) is 0. The summed E-state index contributed by atoms with van der Waals surface area (Å²) in [4.78, 5) is 13.0. The molecular weight excluding hydrogens is 266 g/mol. The van der Waals surface area contributed by atoms with Gasteiger partial charge in [-0.2, -0.15) is 15.0 Å². The summed E-state index contributed by atoms with van der Waals surface area (Å²) in [6.45, 7) is 7.52. The minimum Gasteiger partial charge on any atom is -0.467 e.